The standard InChI is InChI=1S/C15H15BrClN3O/c1-2-8-5-9(16)3-4-13(8)20-14-11(15(19)21)6-10(18)7-12(14)17/h3-7,20H,2,18H2,1H3,(H2,19,21). The van der Waals surface area contributed by atoms with Gasteiger partial charge in [-0.1, -0.05) is 34.5 Å². The van der Waals surface area contributed by atoms with E-state index in [9.17, 15) is 4.79 Å². The van der Waals surface area contributed by atoms with Crippen LogP contribution in [0.25, 0.3) is 0 Å². The van der Waals surface area contributed by atoms with Crippen LogP contribution in [0.2, 0.25) is 5.02 Å². The summed E-state index contributed by atoms with van der Waals surface area (Å²) in [4.78, 5) is 11.6. The van der Waals surface area contributed by atoms with Gasteiger partial charge in [-0.05, 0) is 42.3 Å². The first kappa shape index (κ1) is 15.7. The third-order valence-electron chi connectivity index (χ3n) is 3.09. The summed E-state index contributed by atoms with van der Waals surface area (Å²) in [6.45, 7) is 2.05. The van der Waals surface area contributed by atoms with Gasteiger partial charge in [0.25, 0.3) is 5.91 Å². The lowest BCUT2D eigenvalue weighted by molar-refractivity contribution is 0.100. The molecule has 0 radical (unpaired) electrons. The molecule has 0 aliphatic carbocycles. The normalized spacial score (nSPS) is 10.4. The largest absolute Gasteiger partial charge is 0.399 e. The van der Waals surface area contributed by atoms with E-state index in [1.807, 2.05) is 25.1 Å². The van der Waals surface area contributed by atoms with Crippen LogP contribution in [0.3, 0.4) is 0 Å². The highest BCUT2D eigenvalue weighted by Gasteiger charge is 2.14. The minimum atomic E-state index is -0.582. The Hall–Kier alpha value is -1.72. The quantitative estimate of drug-likeness (QED) is 0.711. The van der Waals surface area contributed by atoms with E-state index in [4.69, 9.17) is 23.1 Å². The summed E-state index contributed by atoms with van der Waals surface area (Å²) < 4.78 is 0.989. The van der Waals surface area contributed by atoms with Crippen molar-refractivity contribution < 1.29 is 4.79 Å². The number of aryl methyl sites for hydroxylation is 1. The van der Waals surface area contributed by atoms with Gasteiger partial charge in [-0.25, -0.2) is 0 Å². The van der Waals surface area contributed by atoms with Gasteiger partial charge in [0.05, 0.1) is 16.3 Å². The molecule has 0 saturated heterocycles. The van der Waals surface area contributed by atoms with Crippen molar-refractivity contribution in [3.05, 3.63) is 51.0 Å². The van der Waals surface area contributed by atoms with Gasteiger partial charge in [-0.15, -0.1) is 0 Å². The van der Waals surface area contributed by atoms with Crippen LogP contribution in [0.15, 0.2) is 34.8 Å². The lowest BCUT2D eigenvalue weighted by Crippen LogP contribution is -2.14. The molecule has 5 N–H and O–H groups in total. The molecule has 0 aliphatic rings. The monoisotopic (exact) mass is 367 g/mol. The maximum absolute atomic E-state index is 11.6. The van der Waals surface area contributed by atoms with Gasteiger partial charge in [0.1, 0.15) is 0 Å². The van der Waals surface area contributed by atoms with Crippen molar-refractivity contribution in [3.8, 4) is 0 Å². The SMILES string of the molecule is CCc1cc(Br)ccc1Nc1c(Cl)cc(N)cc1C(N)=O. The van der Waals surface area contributed by atoms with E-state index in [0.717, 1.165) is 22.1 Å². The van der Waals surface area contributed by atoms with Crippen molar-refractivity contribution in [2.75, 3.05) is 11.1 Å². The van der Waals surface area contributed by atoms with E-state index in [1.54, 1.807) is 6.07 Å². The number of hydrogen-bond acceptors (Lipinski definition) is 3. The number of nitrogens with two attached hydrogens (primary N) is 2. The molecule has 21 heavy (non-hydrogen) atoms. The Balaban J connectivity index is 2.51. The van der Waals surface area contributed by atoms with Crippen molar-refractivity contribution >= 4 is 50.5 Å². The molecule has 2 rings (SSSR count). The molecule has 0 unspecified atom stereocenters. The minimum absolute atomic E-state index is 0.268. The summed E-state index contributed by atoms with van der Waals surface area (Å²) in [5.74, 6) is -0.582. The fraction of sp³-hybridized carbons (Fsp3) is 0.133. The van der Waals surface area contributed by atoms with Crippen molar-refractivity contribution in [1.29, 1.82) is 0 Å². The second-order valence-corrected chi connectivity index (χ2v) is 5.89. The Morgan fingerprint density at radius 2 is 2.05 bits per heavy atom. The number of primary amides is 1. The predicted molar refractivity (Wildman–Crippen MR) is 91.2 cm³/mol. The summed E-state index contributed by atoms with van der Waals surface area (Å²) in [7, 11) is 0. The fourth-order valence-electron chi connectivity index (χ4n) is 2.06. The van der Waals surface area contributed by atoms with Crippen molar-refractivity contribution in [1.82, 2.24) is 0 Å². The van der Waals surface area contributed by atoms with Gasteiger partial charge in [-0.3, -0.25) is 4.79 Å². The van der Waals surface area contributed by atoms with Crippen molar-refractivity contribution in [2.24, 2.45) is 5.73 Å². The molecule has 110 valence electrons. The molecule has 0 heterocycles. The highest BCUT2D eigenvalue weighted by molar-refractivity contribution is 9.10. The number of carbonyl (C=O) groups excluding carboxylic acids is 1. The minimum Gasteiger partial charge on any atom is -0.399 e. The second kappa shape index (κ2) is 6.37. The van der Waals surface area contributed by atoms with Gasteiger partial charge in [0.15, 0.2) is 0 Å². The first-order valence-corrected chi connectivity index (χ1v) is 7.53. The molecule has 0 atom stereocenters. The summed E-state index contributed by atoms with van der Waals surface area (Å²) >= 11 is 9.64. The van der Waals surface area contributed by atoms with Crippen LogP contribution in [-0.4, -0.2) is 5.91 Å². The summed E-state index contributed by atoms with van der Waals surface area (Å²) in [6, 6.07) is 8.94. The zero-order valence-corrected chi connectivity index (χ0v) is 13.8. The van der Waals surface area contributed by atoms with E-state index in [1.165, 1.54) is 6.07 Å². The molecule has 1 amide bonds. The number of benzene rings is 2. The molecule has 0 saturated carbocycles. The molecule has 6 heteroatoms. The average Bonchev–Trinajstić information content (AvgIpc) is 2.42. The number of hydrogen-bond donors (Lipinski definition) is 3. The Morgan fingerprint density at radius 3 is 2.67 bits per heavy atom. The van der Waals surface area contributed by atoms with E-state index < -0.39 is 5.91 Å². The zero-order chi connectivity index (χ0) is 15.6. The maximum Gasteiger partial charge on any atom is 0.250 e. The predicted octanol–water partition coefficient (Wildman–Crippen LogP) is 4.09. The van der Waals surface area contributed by atoms with Gasteiger partial charge in [0, 0.05) is 15.8 Å². The number of halogens is 2. The molecule has 0 aliphatic heterocycles. The molecule has 4 nitrogen and oxygen atoms in total. The summed E-state index contributed by atoms with van der Waals surface area (Å²) in [5, 5.41) is 3.54. The first-order valence-electron chi connectivity index (χ1n) is 6.36. The Labute approximate surface area is 136 Å². The van der Waals surface area contributed by atoms with Crippen LogP contribution in [0.5, 0.6) is 0 Å². The number of nitrogens with one attached hydrogen (secondary N) is 1. The number of rotatable bonds is 4. The topological polar surface area (TPSA) is 81.1 Å². The van der Waals surface area contributed by atoms with Crippen LogP contribution >= 0.6 is 27.5 Å². The van der Waals surface area contributed by atoms with E-state index in [-0.39, 0.29) is 5.56 Å². The molecule has 0 bridgehead atoms. The number of amides is 1. The number of anilines is 3. The highest BCUT2D eigenvalue weighted by Crippen LogP contribution is 2.33. The highest BCUT2D eigenvalue weighted by atomic mass is 79.9. The Kier molecular flexibility index (Phi) is 4.75. The molecule has 2 aromatic carbocycles. The van der Waals surface area contributed by atoms with E-state index in [2.05, 4.69) is 21.2 Å². The number of nitrogen functional groups attached to an aromatic ring is 1. The van der Waals surface area contributed by atoms with Gasteiger partial charge in [-0.2, -0.15) is 0 Å². The van der Waals surface area contributed by atoms with E-state index >= 15 is 0 Å². The second-order valence-electron chi connectivity index (χ2n) is 4.57. The van der Waals surface area contributed by atoms with Gasteiger partial charge < -0.3 is 16.8 Å². The first-order chi connectivity index (χ1) is 9.92. The van der Waals surface area contributed by atoms with Crippen LogP contribution in [-0.2, 0) is 6.42 Å². The van der Waals surface area contributed by atoms with Crippen LogP contribution in [0, 0.1) is 0 Å². The average molecular weight is 369 g/mol. The van der Waals surface area contributed by atoms with E-state index in [0.29, 0.717) is 16.4 Å². The third kappa shape index (κ3) is 3.49. The van der Waals surface area contributed by atoms with Crippen molar-refractivity contribution in [3.63, 3.8) is 0 Å². The van der Waals surface area contributed by atoms with Gasteiger partial charge >= 0.3 is 0 Å². The number of carbonyl (C=O) groups is 1. The lowest BCUT2D eigenvalue weighted by Gasteiger charge is -2.16. The molecular formula is C15H15BrClN3O. The lowest BCUT2D eigenvalue weighted by atomic mass is 10.1. The van der Waals surface area contributed by atoms with Crippen molar-refractivity contribution in [2.45, 2.75) is 13.3 Å². The molecule has 0 fully saturated rings. The molecule has 0 aromatic heterocycles. The zero-order valence-electron chi connectivity index (χ0n) is 11.4. The molecule has 2 aromatic rings. The van der Waals surface area contributed by atoms with Crippen LogP contribution in [0.1, 0.15) is 22.8 Å². The van der Waals surface area contributed by atoms with Crippen LogP contribution < -0.4 is 16.8 Å². The fourth-order valence-corrected chi connectivity index (χ4v) is 2.74. The summed E-state index contributed by atoms with van der Waals surface area (Å²) in [5.41, 5.74) is 14.2. The molecular weight excluding hydrogens is 354 g/mol. The molecule has 0 spiro atoms. The maximum atomic E-state index is 11.6. The Bertz CT molecular complexity index is 704. The Morgan fingerprint density at radius 1 is 1.33 bits per heavy atom. The smallest absolute Gasteiger partial charge is 0.250 e. The van der Waals surface area contributed by atoms with Crippen LogP contribution in [0.4, 0.5) is 17.1 Å². The van der Waals surface area contributed by atoms with Gasteiger partial charge in [0.2, 0.25) is 0 Å². The summed E-state index contributed by atoms with van der Waals surface area (Å²) in [6.07, 6.45) is 0.834. The third-order valence-corrected chi connectivity index (χ3v) is 3.88.